The summed E-state index contributed by atoms with van der Waals surface area (Å²) in [4.78, 5) is 13.0. The van der Waals surface area contributed by atoms with Crippen LogP contribution < -0.4 is 22.1 Å². The number of thioether (sulfide) groups is 1. The third kappa shape index (κ3) is 4.29. The molecule has 0 atom stereocenters. The van der Waals surface area contributed by atoms with E-state index in [1.54, 1.807) is 11.8 Å². The highest BCUT2D eigenvalue weighted by atomic mass is 32.2. The first kappa shape index (κ1) is 20.9. The molecule has 0 radical (unpaired) electrons. The van der Waals surface area contributed by atoms with Crippen molar-refractivity contribution in [3.63, 3.8) is 0 Å². The number of benzene rings is 2. The first-order valence-corrected chi connectivity index (χ1v) is 10.2. The Morgan fingerprint density at radius 3 is 2.52 bits per heavy atom. The topological polar surface area (TPSA) is 102 Å². The molecule has 0 unspecified atom stereocenters. The molecule has 0 aliphatic heterocycles. The van der Waals surface area contributed by atoms with Gasteiger partial charge in [0.2, 0.25) is 0 Å². The first-order chi connectivity index (χ1) is 13.8. The molecule has 0 spiro atoms. The Labute approximate surface area is 175 Å². The highest BCUT2D eigenvalue weighted by molar-refractivity contribution is 7.98. The number of aromatic nitrogens is 2. The van der Waals surface area contributed by atoms with Crippen molar-refractivity contribution in [2.45, 2.75) is 38.3 Å². The third-order valence-electron chi connectivity index (χ3n) is 5.02. The van der Waals surface area contributed by atoms with Crippen molar-refractivity contribution < 1.29 is 4.79 Å². The average molecular weight is 411 g/mol. The van der Waals surface area contributed by atoms with E-state index in [1.807, 2.05) is 36.0 Å². The Kier molecular flexibility index (Phi) is 6.26. The van der Waals surface area contributed by atoms with Crippen LogP contribution in [0.15, 0.2) is 47.5 Å². The summed E-state index contributed by atoms with van der Waals surface area (Å²) in [6, 6.07) is 11.5. The minimum atomic E-state index is -0.563. The number of hydrogen-bond donors (Lipinski definition) is 3. The van der Waals surface area contributed by atoms with Crippen molar-refractivity contribution >= 4 is 23.5 Å². The molecule has 3 rings (SSSR count). The van der Waals surface area contributed by atoms with Gasteiger partial charge in [0.1, 0.15) is 0 Å². The molecule has 152 valence electrons. The van der Waals surface area contributed by atoms with Crippen LogP contribution in [0.25, 0.3) is 5.69 Å². The van der Waals surface area contributed by atoms with Crippen molar-refractivity contribution in [1.82, 2.24) is 15.2 Å². The highest BCUT2D eigenvalue weighted by Gasteiger charge is 2.16. The summed E-state index contributed by atoms with van der Waals surface area (Å²) >= 11 is 1.70. The number of carbonyl (C=O) groups is 1. The van der Waals surface area contributed by atoms with E-state index in [4.69, 9.17) is 11.7 Å². The van der Waals surface area contributed by atoms with Crippen LogP contribution in [0, 0.1) is 27.7 Å². The summed E-state index contributed by atoms with van der Waals surface area (Å²) in [5.74, 6) is 11.8. The Hall–Kier alpha value is -2.81. The Morgan fingerprint density at radius 1 is 1.14 bits per heavy atom. The van der Waals surface area contributed by atoms with E-state index in [-0.39, 0.29) is 0 Å². The number of hydrogen-bond acceptors (Lipinski definition) is 5. The molecule has 1 heterocycles. The zero-order valence-corrected chi connectivity index (χ0v) is 17.9. The minimum absolute atomic E-state index is 0.563. The number of amides is 2. The lowest BCUT2D eigenvalue weighted by Crippen LogP contribution is -2.48. The van der Waals surface area contributed by atoms with Crippen LogP contribution in [-0.4, -0.2) is 15.8 Å². The number of carbonyl (C=O) groups excluding carboxylic acids is 1. The van der Waals surface area contributed by atoms with Gasteiger partial charge in [-0.15, -0.1) is 11.8 Å². The van der Waals surface area contributed by atoms with E-state index in [0.29, 0.717) is 11.4 Å². The van der Waals surface area contributed by atoms with Gasteiger partial charge in [-0.05, 0) is 74.2 Å². The maximum Gasteiger partial charge on any atom is 0.350 e. The second-order valence-corrected chi connectivity index (χ2v) is 7.97. The van der Waals surface area contributed by atoms with E-state index in [2.05, 4.69) is 49.5 Å². The molecule has 1 aromatic heterocycles. The van der Waals surface area contributed by atoms with E-state index < -0.39 is 6.03 Å². The predicted molar refractivity (Wildman–Crippen MR) is 118 cm³/mol. The zero-order chi connectivity index (χ0) is 21.1. The SMILES string of the molecule is Cc1cc(-n2ncc(C)c2C)ccc1SCc1c(C)cccc1N(N)C(=O)NN. The fraction of sp³-hybridized carbons (Fsp3) is 0.238. The second kappa shape index (κ2) is 8.69. The average Bonchev–Trinajstić information content (AvgIpc) is 3.05. The molecule has 0 fully saturated rings. The number of anilines is 1. The summed E-state index contributed by atoms with van der Waals surface area (Å²) in [5.41, 5.74) is 9.27. The molecule has 7 nitrogen and oxygen atoms in total. The van der Waals surface area contributed by atoms with Crippen molar-refractivity contribution in [3.8, 4) is 5.69 Å². The smallest absolute Gasteiger partial charge is 0.274 e. The van der Waals surface area contributed by atoms with Crippen molar-refractivity contribution in [3.05, 3.63) is 70.5 Å². The minimum Gasteiger partial charge on any atom is -0.274 e. The van der Waals surface area contributed by atoms with Gasteiger partial charge in [-0.1, -0.05) is 12.1 Å². The van der Waals surface area contributed by atoms with Gasteiger partial charge in [-0.25, -0.2) is 26.2 Å². The molecular formula is C21H26N6OS. The number of nitrogens with two attached hydrogens (primary N) is 2. The van der Waals surface area contributed by atoms with Gasteiger partial charge in [-0.3, -0.25) is 5.43 Å². The van der Waals surface area contributed by atoms with Gasteiger partial charge in [-0.2, -0.15) is 5.10 Å². The number of aryl methyl sites for hydroxylation is 3. The molecule has 5 N–H and O–H groups in total. The van der Waals surface area contributed by atoms with Crippen LogP contribution in [0.4, 0.5) is 10.5 Å². The van der Waals surface area contributed by atoms with E-state index in [1.165, 1.54) is 11.1 Å². The molecule has 2 aromatic carbocycles. The standard InChI is InChI=1S/C21H26N6OS/c1-13-6-5-7-19(26(23)21(28)25-22)18(13)12-29-20-9-8-17(10-14(20)2)27-16(4)15(3)11-24-27/h5-11H,12,22-23H2,1-4H3,(H,25,28). The van der Waals surface area contributed by atoms with E-state index >= 15 is 0 Å². The molecule has 0 bridgehead atoms. The normalized spacial score (nSPS) is 10.8. The number of rotatable bonds is 5. The zero-order valence-electron chi connectivity index (χ0n) is 17.1. The van der Waals surface area contributed by atoms with Gasteiger partial charge in [0, 0.05) is 16.3 Å². The number of nitrogens with zero attached hydrogens (tertiary/aromatic N) is 3. The van der Waals surface area contributed by atoms with Crippen LogP contribution >= 0.6 is 11.8 Å². The lowest BCUT2D eigenvalue weighted by Gasteiger charge is -2.21. The van der Waals surface area contributed by atoms with Crippen LogP contribution in [0.1, 0.15) is 27.9 Å². The molecule has 0 saturated heterocycles. The third-order valence-corrected chi connectivity index (χ3v) is 6.22. The maximum atomic E-state index is 11.9. The second-order valence-electron chi connectivity index (χ2n) is 6.96. The summed E-state index contributed by atoms with van der Waals surface area (Å²) in [7, 11) is 0. The van der Waals surface area contributed by atoms with Crippen molar-refractivity contribution in [2.75, 3.05) is 5.01 Å². The largest absolute Gasteiger partial charge is 0.350 e. The van der Waals surface area contributed by atoms with Gasteiger partial charge in [0.25, 0.3) is 0 Å². The molecule has 8 heteroatoms. The van der Waals surface area contributed by atoms with Crippen molar-refractivity contribution in [2.24, 2.45) is 11.7 Å². The fourth-order valence-electron chi connectivity index (χ4n) is 3.11. The lowest BCUT2D eigenvalue weighted by atomic mass is 10.1. The van der Waals surface area contributed by atoms with Gasteiger partial charge in [0.05, 0.1) is 17.6 Å². The summed E-state index contributed by atoms with van der Waals surface area (Å²) in [6.07, 6.45) is 1.88. The summed E-state index contributed by atoms with van der Waals surface area (Å²) < 4.78 is 1.95. The Bertz CT molecular complexity index is 1050. The molecule has 2 amide bonds. The summed E-state index contributed by atoms with van der Waals surface area (Å²) in [6.45, 7) is 8.22. The van der Waals surface area contributed by atoms with Crippen molar-refractivity contribution in [1.29, 1.82) is 0 Å². The van der Waals surface area contributed by atoms with Crippen LogP contribution in [0.2, 0.25) is 0 Å². The quantitative estimate of drug-likeness (QED) is 0.258. The van der Waals surface area contributed by atoms with Crippen LogP contribution in [0.3, 0.4) is 0 Å². The predicted octanol–water partition coefficient (Wildman–Crippen LogP) is 3.66. The summed E-state index contributed by atoms with van der Waals surface area (Å²) in [5, 5.41) is 5.50. The number of urea groups is 1. The molecular weight excluding hydrogens is 384 g/mol. The number of hydrazine groups is 2. The maximum absolute atomic E-state index is 11.9. The molecule has 0 aliphatic rings. The number of nitrogens with one attached hydrogen (secondary N) is 1. The first-order valence-electron chi connectivity index (χ1n) is 9.22. The molecule has 0 saturated carbocycles. The van der Waals surface area contributed by atoms with E-state index in [9.17, 15) is 4.79 Å². The fourth-order valence-corrected chi connectivity index (χ4v) is 4.23. The van der Waals surface area contributed by atoms with Gasteiger partial charge >= 0.3 is 6.03 Å². The molecule has 0 aliphatic carbocycles. The Balaban J connectivity index is 1.84. The molecule has 29 heavy (non-hydrogen) atoms. The molecule has 3 aromatic rings. The Morgan fingerprint density at radius 2 is 1.90 bits per heavy atom. The van der Waals surface area contributed by atoms with Crippen LogP contribution in [0.5, 0.6) is 0 Å². The lowest BCUT2D eigenvalue weighted by molar-refractivity contribution is 0.246. The van der Waals surface area contributed by atoms with E-state index in [0.717, 1.165) is 32.4 Å². The van der Waals surface area contributed by atoms with Crippen LogP contribution in [-0.2, 0) is 5.75 Å². The highest BCUT2D eigenvalue weighted by Crippen LogP contribution is 2.32. The van der Waals surface area contributed by atoms with Gasteiger partial charge in [0.15, 0.2) is 0 Å². The van der Waals surface area contributed by atoms with Gasteiger partial charge < -0.3 is 0 Å². The monoisotopic (exact) mass is 410 g/mol.